The van der Waals surface area contributed by atoms with Crippen LogP contribution in [0, 0.1) is 0 Å². The summed E-state index contributed by atoms with van der Waals surface area (Å²) in [4.78, 5) is 30.8. The van der Waals surface area contributed by atoms with Gasteiger partial charge in [0.15, 0.2) is 0 Å². The van der Waals surface area contributed by atoms with Gasteiger partial charge >= 0.3 is 0 Å². The lowest BCUT2D eigenvalue weighted by Crippen LogP contribution is -1.97. The van der Waals surface area contributed by atoms with Gasteiger partial charge in [-0.2, -0.15) is 0 Å². The van der Waals surface area contributed by atoms with Crippen LogP contribution in [0.4, 0.5) is 0 Å². The van der Waals surface area contributed by atoms with Crippen molar-refractivity contribution in [1.29, 1.82) is 0 Å². The van der Waals surface area contributed by atoms with Gasteiger partial charge in [0.25, 0.3) is 0 Å². The zero-order chi connectivity index (χ0) is 39.6. The topological polar surface area (TPSA) is 77.3 Å². The van der Waals surface area contributed by atoms with Crippen LogP contribution < -0.4 is 0 Å². The molecule has 0 unspecified atom stereocenters. The van der Waals surface area contributed by atoms with Crippen molar-refractivity contribution in [2.75, 3.05) is 0 Å². The first kappa shape index (κ1) is 33.9. The van der Waals surface area contributed by atoms with Crippen molar-refractivity contribution >= 4 is 64.9 Å². The molecule has 12 aromatic rings. The van der Waals surface area contributed by atoms with E-state index >= 15 is 0 Å². The smallest absolute Gasteiger partial charge is 0.0900 e. The Labute approximate surface area is 344 Å². The summed E-state index contributed by atoms with van der Waals surface area (Å²) in [7, 11) is 0. The van der Waals surface area contributed by atoms with Crippen molar-refractivity contribution in [3.05, 3.63) is 194 Å². The normalized spacial score (nSPS) is 11.7. The van der Waals surface area contributed by atoms with Crippen LogP contribution in [0.1, 0.15) is 0 Å². The first-order valence-electron chi connectivity index (χ1n) is 20.0. The fourth-order valence-electron chi connectivity index (χ4n) is 8.28. The highest BCUT2D eigenvalue weighted by Gasteiger charge is 2.17. The van der Waals surface area contributed by atoms with Gasteiger partial charge in [-0.25, -0.2) is 19.9 Å². The number of aromatic nitrogens is 6. The molecule has 0 N–H and O–H groups in total. The van der Waals surface area contributed by atoms with Gasteiger partial charge in [0.05, 0.1) is 56.6 Å². The Kier molecular flexibility index (Phi) is 7.74. The van der Waals surface area contributed by atoms with Crippen LogP contribution in [-0.4, -0.2) is 29.9 Å². The Hall–Kier alpha value is -8.22. The molecule has 0 bridgehead atoms. The number of rotatable bonds is 5. The Balaban J connectivity index is 1.08. The third-order valence-electron chi connectivity index (χ3n) is 11.4. The van der Waals surface area contributed by atoms with Crippen molar-refractivity contribution in [2.45, 2.75) is 0 Å². The van der Waals surface area contributed by atoms with E-state index in [1.165, 1.54) is 10.8 Å². The number of hydrogen-bond acceptors (Lipinski definition) is 6. The zero-order valence-electron chi connectivity index (χ0n) is 32.2. The minimum atomic E-state index is 0.741. The summed E-state index contributed by atoms with van der Waals surface area (Å²) >= 11 is 0. The molecule has 12 rings (SSSR count). The van der Waals surface area contributed by atoms with Crippen LogP contribution >= 0.6 is 0 Å². The molecular formula is C54H32N6. The van der Waals surface area contributed by atoms with E-state index < -0.39 is 0 Å². The maximum Gasteiger partial charge on any atom is 0.0900 e. The van der Waals surface area contributed by atoms with Gasteiger partial charge in [0.2, 0.25) is 0 Å². The molecule has 6 aromatic heterocycles. The van der Waals surface area contributed by atoms with Crippen LogP contribution in [0.25, 0.3) is 122 Å². The van der Waals surface area contributed by atoms with Gasteiger partial charge in [0.1, 0.15) is 0 Å². The van der Waals surface area contributed by atoms with Gasteiger partial charge in [-0.3, -0.25) is 9.97 Å². The monoisotopic (exact) mass is 764 g/mol. The fraction of sp³-hybridized carbons (Fsp3) is 0. The highest BCUT2D eigenvalue weighted by atomic mass is 14.8. The van der Waals surface area contributed by atoms with Crippen LogP contribution in [0.15, 0.2) is 194 Å². The summed E-state index contributed by atoms with van der Waals surface area (Å²) in [6.45, 7) is 0. The molecule has 0 atom stereocenters. The lowest BCUT2D eigenvalue weighted by molar-refractivity contribution is 1.23. The molecule has 0 aliphatic heterocycles. The first-order valence-corrected chi connectivity index (χ1v) is 20.0. The average Bonchev–Trinajstić information content (AvgIpc) is 3.31. The Morgan fingerprint density at radius 1 is 0.217 bits per heavy atom. The molecule has 0 spiro atoms. The number of nitrogens with zero attached hydrogens (tertiary/aromatic N) is 6. The van der Waals surface area contributed by atoms with E-state index in [4.69, 9.17) is 29.9 Å². The maximum absolute atomic E-state index is 5.30. The third-order valence-corrected chi connectivity index (χ3v) is 11.4. The van der Waals surface area contributed by atoms with Gasteiger partial charge in [-0.1, -0.05) is 109 Å². The summed E-state index contributed by atoms with van der Waals surface area (Å²) in [6.07, 6.45) is 3.83. The average molecular weight is 765 g/mol. The summed E-state index contributed by atoms with van der Waals surface area (Å²) in [6, 6.07) is 63.1. The molecular weight excluding hydrogens is 733 g/mol. The van der Waals surface area contributed by atoms with Crippen molar-refractivity contribution in [3.8, 4) is 56.7 Å². The van der Waals surface area contributed by atoms with Gasteiger partial charge in [0, 0.05) is 33.9 Å². The van der Waals surface area contributed by atoms with Gasteiger partial charge < -0.3 is 0 Å². The maximum atomic E-state index is 5.30. The van der Waals surface area contributed by atoms with Crippen molar-refractivity contribution < 1.29 is 0 Å². The predicted molar refractivity (Wildman–Crippen MR) is 245 cm³/mol. The fourth-order valence-corrected chi connectivity index (χ4v) is 8.28. The predicted octanol–water partition coefficient (Wildman–Crippen LogP) is 13.3. The molecule has 6 heteroatoms. The van der Waals surface area contributed by atoms with E-state index in [9.17, 15) is 0 Å². The number of fused-ring (bicyclic) bond motifs is 6. The van der Waals surface area contributed by atoms with E-state index in [1.54, 1.807) is 0 Å². The van der Waals surface area contributed by atoms with E-state index in [1.807, 2.05) is 36.7 Å². The molecule has 0 radical (unpaired) electrons. The Bertz CT molecular complexity index is 3460. The number of hydrogen-bond donors (Lipinski definition) is 0. The first-order chi connectivity index (χ1) is 29.6. The van der Waals surface area contributed by atoms with E-state index in [0.717, 1.165) is 111 Å². The second-order valence-electron chi connectivity index (χ2n) is 15.3. The summed E-state index contributed by atoms with van der Waals surface area (Å²) in [5.74, 6) is 0. The zero-order valence-corrected chi connectivity index (χ0v) is 32.2. The lowest BCUT2D eigenvalue weighted by atomic mass is 9.99. The molecule has 0 amide bonds. The molecule has 0 aliphatic rings. The van der Waals surface area contributed by atoms with Crippen LogP contribution in [-0.2, 0) is 0 Å². The van der Waals surface area contributed by atoms with E-state index in [0.29, 0.717) is 0 Å². The third kappa shape index (κ3) is 6.06. The Morgan fingerprint density at radius 3 is 0.950 bits per heavy atom. The summed E-state index contributed by atoms with van der Waals surface area (Å²) < 4.78 is 0. The van der Waals surface area contributed by atoms with Crippen LogP contribution in [0.3, 0.4) is 0 Å². The Morgan fingerprint density at radius 2 is 0.550 bits per heavy atom. The van der Waals surface area contributed by atoms with Crippen molar-refractivity contribution in [2.24, 2.45) is 0 Å². The second kappa shape index (κ2) is 13.7. The van der Waals surface area contributed by atoms with Crippen molar-refractivity contribution in [1.82, 2.24) is 29.9 Å². The van der Waals surface area contributed by atoms with E-state index in [-0.39, 0.29) is 0 Å². The summed E-state index contributed by atoms with van der Waals surface area (Å²) in [5, 5.41) is 11.1. The highest BCUT2D eigenvalue weighted by molar-refractivity contribution is 5.99. The lowest BCUT2D eigenvalue weighted by Gasteiger charge is -2.13. The highest BCUT2D eigenvalue weighted by Crippen LogP contribution is 2.36. The number of pyridine rings is 6. The standard InChI is InChI=1S/C54H32N6/c1-3-11-35-23-47-39(21-33(35)9-1)17-19-45(57-47)51-27-43(28-52(59-51)46-20-18-40-22-34-10-2-4-12-36(34)24-48(40)58-46)44-29-53(49-25-37-13-5-7-15-41(37)31-55-49)60-54(30-44)50-26-38-14-6-8-16-42(38)32-56-50/h1-32H. The second-order valence-corrected chi connectivity index (χ2v) is 15.3. The molecule has 278 valence electrons. The minimum absolute atomic E-state index is 0.741. The SMILES string of the molecule is c1ccc2cc(-c3cc(-c4cc(-c5ccc6cc7ccccc7cc6n5)nc(-c5ccc6cc7ccccc7cc6n5)c4)cc(-c4cc5ccccc5cn4)n3)ncc2c1. The van der Waals surface area contributed by atoms with Crippen molar-refractivity contribution in [3.63, 3.8) is 0 Å². The quantitative estimate of drug-likeness (QED) is 0.162. The molecule has 60 heavy (non-hydrogen) atoms. The van der Waals surface area contributed by atoms with Gasteiger partial charge in [-0.15, -0.1) is 0 Å². The van der Waals surface area contributed by atoms with Crippen LogP contribution in [0.2, 0.25) is 0 Å². The molecule has 0 fully saturated rings. The largest absolute Gasteiger partial charge is 0.254 e. The molecule has 0 aliphatic carbocycles. The van der Waals surface area contributed by atoms with Crippen LogP contribution in [0.5, 0.6) is 0 Å². The van der Waals surface area contributed by atoms with Gasteiger partial charge in [-0.05, 0) is 116 Å². The number of benzene rings is 6. The van der Waals surface area contributed by atoms with E-state index in [2.05, 4.69) is 158 Å². The molecule has 6 nitrogen and oxygen atoms in total. The molecule has 0 saturated carbocycles. The summed E-state index contributed by atoms with van der Waals surface area (Å²) in [5.41, 5.74) is 9.79. The minimum Gasteiger partial charge on any atom is -0.254 e. The molecule has 6 heterocycles. The molecule has 6 aromatic carbocycles. The molecule has 0 saturated heterocycles.